The maximum atomic E-state index is 13.2. The molecule has 1 aromatic heterocycles. The van der Waals surface area contributed by atoms with Crippen LogP contribution in [0.5, 0.6) is 0 Å². The molecule has 1 heterocycles. The highest BCUT2D eigenvalue weighted by atomic mass is 19.4. The van der Waals surface area contributed by atoms with Crippen LogP contribution in [0.2, 0.25) is 0 Å². The summed E-state index contributed by atoms with van der Waals surface area (Å²) in [4.78, 5) is 13.4. The number of hydrogen-bond acceptors (Lipinski definition) is 3. The summed E-state index contributed by atoms with van der Waals surface area (Å²) in [6, 6.07) is 2.46. The van der Waals surface area contributed by atoms with Gasteiger partial charge in [-0.2, -0.15) is 26.3 Å². The third-order valence-electron chi connectivity index (χ3n) is 2.69. The summed E-state index contributed by atoms with van der Waals surface area (Å²) in [7, 11) is 0. The summed E-state index contributed by atoms with van der Waals surface area (Å²) in [5.41, 5.74) is -4.31. The van der Waals surface area contributed by atoms with Crippen molar-refractivity contribution in [2.45, 2.75) is 31.9 Å². The number of aromatic nitrogens is 1. The molecule has 11 heteroatoms. The fourth-order valence-corrected chi connectivity index (χ4v) is 1.65. The molecule has 3 N–H and O–H groups in total. The van der Waals surface area contributed by atoms with Crippen LogP contribution < -0.4 is 15.6 Å². The molecule has 0 unspecified atom stereocenters. The minimum atomic E-state index is -5.89. The van der Waals surface area contributed by atoms with Crippen molar-refractivity contribution in [2.24, 2.45) is 0 Å². The van der Waals surface area contributed by atoms with E-state index in [4.69, 9.17) is 0 Å². The molecular formula is C12H14F6N3O2+. The molecule has 23 heavy (non-hydrogen) atoms. The van der Waals surface area contributed by atoms with E-state index in [-0.39, 0.29) is 0 Å². The van der Waals surface area contributed by atoms with Gasteiger partial charge in [-0.25, -0.2) is 15.1 Å². The van der Waals surface area contributed by atoms with Crippen molar-refractivity contribution in [1.82, 2.24) is 5.32 Å². The maximum absolute atomic E-state index is 13.2. The van der Waals surface area contributed by atoms with Crippen molar-refractivity contribution in [2.75, 3.05) is 11.9 Å². The summed E-state index contributed by atoms with van der Waals surface area (Å²) in [5, 5.41) is 2.12. The van der Waals surface area contributed by atoms with Crippen molar-refractivity contribution in [3.8, 4) is 0 Å². The first-order chi connectivity index (χ1) is 10.4. The Bertz CT molecular complexity index is 544. The largest absolute Gasteiger partial charge is 0.462 e. The SMILES string of the molecule is CCOC(=O)NC(Nc1cc(C)cc[nH+]1)(C(F)(F)F)C(F)(F)F. The molecule has 0 aliphatic heterocycles. The molecular weight excluding hydrogens is 332 g/mol. The van der Waals surface area contributed by atoms with E-state index in [0.29, 0.717) is 5.56 Å². The summed E-state index contributed by atoms with van der Waals surface area (Å²) < 4.78 is 83.3. The van der Waals surface area contributed by atoms with Gasteiger partial charge in [-0.05, 0) is 25.5 Å². The van der Waals surface area contributed by atoms with Crippen LogP contribution in [0.4, 0.5) is 37.0 Å². The number of hydrogen-bond donors (Lipinski definition) is 2. The lowest BCUT2D eigenvalue weighted by Crippen LogP contribution is -2.72. The first kappa shape index (κ1) is 18.8. The third kappa shape index (κ3) is 4.17. The van der Waals surface area contributed by atoms with Crippen LogP contribution in [0.25, 0.3) is 0 Å². The van der Waals surface area contributed by atoms with Gasteiger partial charge in [0.2, 0.25) is 0 Å². The number of pyridine rings is 1. The predicted molar refractivity (Wildman–Crippen MR) is 66.4 cm³/mol. The normalized spacial score (nSPS) is 12.7. The number of halogens is 6. The highest BCUT2D eigenvalue weighted by Gasteiger charge is 2.77. The summed E-state index contributed by atoms with van der Waals surface area (Å²) in [5.74, 6) is -0.587. The number of rotatable bonds is 4. The number of aryl methyl sites for hydroxylation is 1. The zero-order valence-electron chi connectivity index (χ0n) is 12.0. The second-order valence-corrected chi connectivity index (χ2v) is 4.50. The number of carbonyl (C=O) groups excluding carboxylic acids is 1. The Kier molecular flexibility index (Phi) is 5.33. The fourth-order valence-electron chi connectivity index (χ4n) is 1.65. The Morgan fingerprint density at radius 1 is 1.22 bits per heavy atom. The van der Waals surface area contributed by atoms with E-state index in [1.165, 1.54) is 25.2 Å². The van der Waals surface area contributed by atoms with E-state index in [9.17, 15) is 31.1 Å². The molecule has 5 nitrogen and oxygen atoms in total. The lowest BCUT2D eigenvalue weighted by molar-refractivity contribution is -0.367. The Morgan fingerprint density at radius 3 is 2.22 bits per heavy atom. The average Bonchev–Trinajstić information content (AvgIpc) is 2.35. The lowest BCUT2D eigenvalue weighted by atomic mass is 10.1. The van der Waals surface area contributed by atoms with E-state index in [1.807, 2.05) is 0 Å². The van der Waals surface area contributed by atoms with E-state index < -0.39 is 36.5 Å². The zero-order chi connectivity index (χ0) is 17.9. The average molecular weight is 346 g/mol. The zero-order valence-corrected chi connectivity index (χ0v) is 12.0. The number of carbonyl (C=O) groups is 1. The quantitative estimate of drug-likeness (QED) is 0.651. The van der Waals surface area contributed by atoms with Crippen LogP contribution >= 0.6 is 0 Å². The molecule has 0 atom stereocenters. The van der Waals surface area contributed by atoms with Crippen molar-refractivity contribution in [3.05, 3.63) is 23.9 Å². The minimum Gasteiger partial charge on any atom is -0.450 e. The standard InChI is InChI=1S/C12H13F6N3O2/c1-3-23-9(22)21-10(11(13,14)15,12(16,17)18)20-8-6-7(2)4-5-19-8/h4-6H,3H2,1-2H3,(H,19,20)(H,21,22)/p+1. The fraction of sp³-hybridized carbons (Fsp3) is 0.500. The molecule has 0 aromatic carbocycles. The molecule has 1 rings (SSSR count). The highest BCUT2D eigenvalue weighted by Crippen LogP contribution is 2.43. The highest BCUT2D eigenvalue weighted by molar-refractivity contribution is 5.69. The van der Waals surface area contributed by atoms with Gasteiger partial charge in [-0.15, -0.1) is 0 Å². The molecule has 0 aliphatic rings. The van der Waals surface area contributed by atoms with Crippen molar-refractivity contribution < 1.29 is 40.9 Å². The summed E-state index contributed by atoms with van der Waals surface area (Å²) >= 11 is 0. The smallest absolute Gasteiger partial charge is 0.450 e. The Labute approximate surface area is 127 Å². The first-order valence-corrected chi connectivity index (χ1v) is 6.28. The van der Waals surface area contributed by atoms with Gasteiger partial charge in [0.15, 0.2) is 0 Å². The second-order valence-electron chi connectivity index (χ2n) is 4.50. The molecule has 0 spiro atoms. The topological polar surface area (TPSA) is 64.5 Å². The van der Waals surface area contributed by atoms with Crippen molar-refractivity contribution >= 4 is 11.9 Å². The lowest BCUT2D eigenvalue weighted by Gasteiger charge is -2.33. The molecule has 0 aliphatic carbocycles. The number of amides is 1. The van der Waals surface area contributed by atoms with Gasteiger partial charge in [-0.3, -0.25) is 5.32 Å². The number of alkyl carbamates (subject to hydrolysis) is 1. The van der Waals surface area contributed by atoms with Crippen molar-refractivity contribution in [3.63, 3.8) is 0 Å². The van der Waals surface area contributed by atoms with E-state index in [2.05, 4.69) is 9.72 Å². The van der Waals surface area contributed by atoms with Gasteiger partial charge in [0.05, 0.1) is 12.8 Å². The number of anilines is 1. The number of aromatic amines is 1. The number of alkyl halides is 6. The van der Waals surface area contributed by atoms with Gasteiger partial charge in [0.1, 0.15) is 0 Å². The van der Waals surface area contributed by atoms with E-state index >= 15 is 0 Å². The van der Waals surface area contributed by atoms with E-state index in [1.54, 1.807) is 0 Å². The van der Waals surface area contributed by atoms with Gasteiger partial charge >= 0.3 is 24.1 Å². The van der Waals surface area contributed by atoms with E-state index in [0.717, 1.165) is 17.6 Å². The van der Waals surface area contributed by atoms with Crippen molar-refractivity contribution in [1.29, 1.82) is 0 Å². The number of ether oxygens (including phenoxy) is 1. The van der Waals surface area contributed by atoms with Gasteiger partial charge < -0.3 is 4.74 Å². The molecule has 0 radical (unpaired) electrons. The van der Waals surface area contributed by atoms with Crippen LogP contribution in [0, 0.1) is 6.92 Å². The molecule has 0 saturated carbocycles. The van der Waals surface area contributed by atoms with Gasteiger partial charge in [0, 0.05) is 6.07 Å². The maximum Gasteiger partial charge on any atom is 0.462 e. The van der Waals surface area contributed by atoms with Crippen LogP contribution in [-0.4, -0.2) is 30.7 Å². The monoisotopic (exact) mass is 346 g/mol. The minimum absolute atomic E-state index is 0.395. The first-order valence-electron chi connectivity index (χ1n) is 6.28. The molecule has 130 valence electrons. The molecule has 1 aromatic rings. The molecule has 1 amide bonds. The Morgan fingerprint density at radius 2 is 1.78 bits per heavy atom. The summed E-state index contributed by atoms with van der Waals surface area (Å²) in [6.07, 6.45) is -12.5. The van der Waals surface area contributed by atoms with Gasteiger partial charge in [-0.1, -0.05) is 0 Å². The Hall–Kier alpha value is -2.20. The number of H-pyrrole nitrogens is 1. The third-order valence-corrected chi connectivity index (χ3v) is 2.69. The Balaban J connectivity index is 3.35. The van der Waals surface area contributed by atoms with Crippen LogP contribution in [0.15, 0.2) is 18.3 Å². The summed E-state index contributed by atoms with van der Waals surface area (Å²) in [6.45, 7) is 2.32. The second kappa shape index (κ2) is 6.50. The van der Waals surface area contributed by atoms with Crippen LogP contribution in [-0.2, 0) is 4.74 Å². The molecule has 0 bridgehead atoms. The predicted octanol–water partition coefficient (Wildman–Crippen LogP) is 2.79. The van der Waals surface area contributed by atoms with Crippen LogP contribution in [0.3, 0.4) is 0 Å². The van der Waals surface area contributed by atoms with Crippen LogP contribution in [0.1, 0.15) is 12.5 Å². The molecule has 0 saturated heterocycles. The number of nitrogens with one attached hydrogen (secondary N) is 3. The molecule has 0 fully saturated rings. The van der Waals surface area contributed by atoms with Gasteiger partial charge in [0.25, 0.3) is 5.82 Å².